The molecule has 0 aliphatic carbocycles. The number of methoxy groups -OCH3 is 1. The third kappa shape index (κ3) is 4.68. The van der Waals surface area contributed by atoms with Crippen molar-refractivity contribution in [1.82, 2.24) is 9.36 Å². The van der Waals surface area contributed by atoms with Gasteiger partial charge in [-0.25, -0.2) is 4.98 Å². The third-order valence-electron chi connectivity index (χ3n) is 3.29. The lowest BCUT2D eigenvalue weighted by atomic mass is 10.0. The van der Waals surface area contributed by atoms with Gasteiger partial charge in [0, 0.05) is 24.6 Å². The molecule has 1 aromatic heterocycles. The number of rotatable bonds is 8. The molecule has 1 heterocycles. The van der Waals surface area contributed by atoms with Crippen molar-refractivity contribution in [2.24, 2.45) is 5.92 Å². The fourth-order valence-corrected chi connectivity index (χ4v) is 2.85. The van der Waals surface area contributed by atoms with Gasteiger partial charge in [0.1, 0.15) is 11.6 Å². The van der Waals surface area contributed by atoms with E-state index in [1.54, 1.807) is 7.11 Å². The lowest BCUT2D eigenvalue weighted by molar-refractivity contribution is 0.280. The molecular weight excluding hydrogens is 298 g/mol. The fraction of sp³-hybridized carbons (Fsp3) is 0.500. The van der Waals surface area contributed by atoms with Gasteiger partial charge >= 0.3 is 0 Å². The number of nitrogens with one attached hydrogen (secondary N) is 1. The van der Waals surface area contributed by atoms with Crippen LogP contribution in [-0.2, 0) is 6.42 Å². The van der Waals surface area contributed by atoms with Crippen LogP contribution in [0.4, 0.5) is 5.13 Å². The van der Waals surface area contributed by atoms with Gasteiger partial charge in [-0.15, -0.1) is 0 Å². The summed E-state index contributed by atoms with van der Waals surface area (Å²) in [4.78, 5) is 4.52. The van der Waals surface area contributed by atoms with Crippen molar-refractivity contribution in [2.75, 3.05) is 19.0 Å². The highest BCUT2D eigenvalue weighted by Crippen LogP contribution is 2.25. The van der Waals surface area contributed by atoms with E-state index < -0.39 is 0 Å². The molecule has 0 saturated heterocycles. The zero-order valence-corrected chi connectivity index (χ0v) is 14.1. The topological polar surface area (TPSA) is 67.3 Å². The summed E-state index contributed by atoms with van der Waals surface area (Å²) in [5.41, 5.74) is 1.09. The number of anilines is 1. The molecule has 0 bridgehead atoms. The summed E-state index contributed by atoms with van der Waals surface area (Å²) in [6.07, 6.45) is 1.50. The molecule has 2 rings (SSSR count). The van der Waals surface area contributed by atoms with Crippen LogP contribution in [0.1, 0.15) is 37.7 Å². The molecule has 2 N–H and O–H groups in total. The Morgan fingerprint density at radius 1 is 1.27 bits per heavy atom. The highest BCUT2D eigenvalue weighted by Gasteiger charge is 2.14. The minimum Gasteiger partial charge on any atom is -0.497 e. The van der Waals surface area contributed by atoms with Gasteiger partial charge in [0.25, 0.3) is 0 Å². The Labute approximate surface area is 135 Å². The van der Waals surface area contributed by atoms with Crippen molar-refractivity contribution in [3.05, 3.63) is 35.7 Å². The zero-order chi connectivity index (χ0) is 15.9. The van der Waals surface area contributed by atoms with E-state index >= 15 is 0 Å². The van der Waals surface area contributed by atoms with Crippen molar-refractivity contribution >= 4 is 16.7 Å². The standard InChI is InChI=1S/C16H23N3O2S/c1-11(2)10-15-18-16(22-19-15)17-14(8-9-20)12-4-6-13(21-3)7-5-12/h4-7,11,14,20H,8-10H2,1-3H3,(H,17,18,19)/t14-/m0/s1. The fourth-order valence-electron chi connectivity index (χ4n) is 2.20. The quantitative estimate of drug-likeness (QED) is 0.781. The monoisotopic (exact) mass is 321 g/mol. The zero-order valence-electron chi connectivity index (χ0n) is 13.2. The lowest BCUT2D eigenvalue weighted by Crippen LogP contribution is -2.12. The summed E-state index contributed by atoms with van der Waals surface area (Å²) >= 11 is 1.37. The molecule has 0 spiro atoms. The Balaban J connectivity index is 2.08. The number of aliphatic hydroxyl groups is 1. The molecule has 0 aliphatic rings. The second-order valence-electron chi connectivity index (χ2n) is 5.60. The summed E-state index contributed by atoms with van der Waals surface area (Å²) < 4.78 is 9.55. The minimum absolute atomic E-state index is 0.00996. The van der Waals surface area contributed by atoms with Crippen LogP contribution in [0.25, 0.3) is 0 Å². The smallest absolute Gasteiger partial charge is 0.203 e. The van der Waals surface area contributed by atoms with E-state index in [0.29, 0.717) is 12.3 Å². The van der Waals surface area contributed by atoms with E-state index in [0.717, 1.165) is 28.7 Å². The average Bonchev–Trinajstić information content (AvgIpc) is 2.93. The molecule has 120 valence electrons. The van der Waals surface area contributed by atoms with Crippen LogP contribution in [0.2, 0.25) is 0 Å². The third-order valence-corrected chi connectivity index (χ3v) is 3.98. The predicted molar refractivity (Wildman–Crippen MR) is 89.5 cm³/mol. The minimum atomic E-state index is 0.00996. The van der Waals surface area contributed by atoms with Gasteiger partial charge in [0.2, 0.25) is 5.13 Å². The number of aromatic nitrogens is 2. The SMILES string of the molecule is COc1ccc([C@H](CCO)Nc2nc(CC(C)C)ns2)cc1. The Morgan fingerprint density at radius 3 is 2.59 bits per heavy atom. The van der Waals surface area contributed by atoms with E-state index in [2.05, 4.69) is 28.5 Å². The number of nitrogens with zero attached hydrogens (tertiary/aromatic N) is 2. The van der Waals surface area contributed by atoms with Crippen LogP contribution in [0, 0.1) is 5.92 Å². The number of aliphatic hydroxyl groups excluding tert-OH is 1. The summed E-state index contributed by atoms with van der Waals surface area (Å²) in [6.45, 7) is 4.42. The van der Waals surface area contributed by atoms with Crippen molar-refractivity contribution in [3.8, 4) is 5.75 Å². The van der Waals surface area contributed by atoms with Crippen LogP contribution >= 0.6 is 11.5 Å². The first kappa shape index (κ1) is 16.7. The Bertz CT molecular complexity index is 569. The van der Waals surface area contributed by atoms with E-state index in [1.807, 2.05) is 24.3 Å². The van der Waals surface area contributed by atoms with Gasteiger partial charge in [0.15, 0.2) is 0 Å². The van der Waals surface area contributed by atoms with Gasteiger partial charge in [0.05, 0.1) is 13.2 Å². The molecular formula is C16H23N3O2S. The van der Waals surface area contributed by atoms with Crippen LogP contribution < -0.4 is 10.1 Å². The Kier molecular flexibility index (Phi) is 6.15. The molecule has 1 atom stereocenters. The highest BCUT2D eigenvalue weighted by atomic mass is 32.1. The van der Waals surface area contributed by atoms with Crippen LogP contribution in [0.15, 0.2) is 24.3 Å². The lowest BCUT2D eigenvalue weighted by Gasteiger charge is -2.17. The van der Waals surface area contributed by atoms with Crippen molar-refractivity contribution < 1.29 is 9.84 Å². The van der Waals surface area contributed by atoms with Gasteiger partial charge in [-0.05, 0) is 30.0 Å². The van der Waals surface area contributed by atoms with Crippen LogP contribution in [0.3, 0.4) is 0 Å². The van der Waals surface area contributed by atoms with E-state index in [-0.39, 0.29) is 12.6 Å². The van der Waals surface area contributed by atoms with E-state index in [1.165, 1.54) is 11.5 Å². The van der Waals surface area contributed by atoms with Crippen LogP contribution in [-0.4, -0.2) is 28.2 Å². The second-order valence-corrected chi connectivity index (χ2v) is 6.35. The molecule has 0 radical (unpaired) electrons. The van der Waals surface area contributed by atoms with Gasteiger partial charge < -0.3 is 15.2 Å². The molecule has 2 aromatic rings. The maximum atomic E-state index is 9.30. The van der Waals surface area contributed by atoms with Crippen LogP contribution in [0.5, 0.6) is 5.75 Å². The maximum absolute atomic E-state index is 9.30. The first-order chi connectivity index (χ1) is 10.6. The number of hydrogen-bond acceptors (Lipinski definition) is 6. The predicted octanol–water partition coefficient (Wildman–Crippen LogP) is 3.28. The van der Waals surface area contributed by atoms with E-state index in [4.69, 9.17) is 4.74 Å². The summed E-state index contributed by atoms with van der Waals surface area (Å²) in [6, 6.07) is 7.86. The first-order valence-electron chi connectivity index (χ1n) is 7.46. The normalized spacial score (nSPS) is 12.4. The average molecular weight is 321 g/mol. The summed E-state index contributed by atoms with van der Waals surface area (Å²) in [5.74, 6) is 2.24. The largest absolute Gasteiger partial charge is 0.497 e. The van der Waals surface area contributed by atoms with Gasteiger partial charge in [-0.2, -0.15) is 4.37 Å². The first-order valence-corrected chi connectivity index (χ1v) is 8.23. The van der Waals surface area contributed by atoms with Gasteiger partial charge in [-0.1, -0.05) is 26.0 Å². The molecule has 0 unspecified atom stereocenters. The Morgan fingerprint density at radius 2 is 2.00 bits per heavy atom. The number of ether oxygens (including phenoxy) is 1. The summed E-state index contributed by atoms with van der Waals surface area (Å²) in [5, 5.41) is 13.5. The summed E-state index contributed by atoms with van der Waals surface area (Å²) in [7, 11) is 1.65. The van der Waals surface area contributed by atoms with Crippen molar-refractivity contribution in [1.29, 1.82) is 0 Å². The molecule has 22 heavy (non-hydrogen) atoms. The number of benzene rings is 1. The molecule has 6 heteroatoms. The van der Waals surface area contributed by atoms with Crippen molar-refractivity contribution in [3.63, 3.8) is 0 Å². The molecule has 5 nitrogen and oxygen atoms in total. The molecule has 0 aliphatic heterocycles. The highest BCUT2D eigenvalue weighted by molar-refractivity contribution is 7.09. The Hall–Kier alpha value is -1.66. The second kappa shape index (κ2) is 8.10. The molecule has 0 fully saturated rings. The molecule has 0 saturated carbocycles. The van der Waals surface area contributed by atoms with Gasteiger partial charge in [-0.3, -0.25) is 0 Å². The van der Waals surface area contributed by atoms with Crippen molar-refractivity contribution in [2.45, 2.75) is 32.7 Å². The maximum Gasteiger partial charge on any atom is 0.203 e. The molecule has 1 aromatic carbocycles. The molecule has 0 amide bonds. The van der Waals surface area contributed by atoms with E-state index in [9.17, 15) is 5.11 Å². The number of hydrogen-bond donors (Lipinski definition) is 2.